The summed E-state index contributed by atoms with van der Waals surface area (Å²) in [6.45, 7) is 5.76. The van der Waals surface area contributed by atoms with Gasteiger partial charge in [0, 0.05) is 5.41 Å². The highest BCUT2D eigenvalue weighted by atomic mass is 19.1. The topological polar surface area (TPSA) is 43.1 Å². The van der Waals surface area contributed by atoms with E-state index in [4.69, 9.17) is 5.73 Å². The van der Waals surface area contributed by atoms with Gasteiger partial charge in [0.15, 0.2) is 5.78 Å². The van der Waals surface area contributed by atoms with Gasteiger partial charge in [0.25, 0.3) is 0 Å². The summed E-state index contributed by atoms with van der Waals surface area (Å²) >= 11 is 0. The Labute approximate surface area is 138 Å². The van der Waals surface area contributed by atoms with E-state index in [0.717, 1.165) is 72.8 Å². The van der Waals surface area contributed by atoms with Gasteiger partial charge in [0.1, 0.15) is 5.82 Å². The fourth-order valence-corrected chi connectivity index (χ4v) is 4.63. The van der Waals surface area contributed by atoms with Gasteiger partial charge in [0.2, 0.25) is 0 Å². The number of Topliss-reactive ketones (excluding diaryl/α,β-unsaturated/α-hetero) is 1. The van der Waals surface area contributed by atoms with Gasteiger partial charge in [-0.15, -0.1) is 0 Å². The predicted octanol–water partition coefficient (Wildman–Crippen LogP) is 4.98. The average molecular weight is 315 g/mol. The molecule has 0 saturated carbocycles. The summed E-state index contributed by atoms with van der Waals surface area (Å²) in [5.41, 5.74) is 11.2. The Kier molecular flexibility index (Phi) is 4.07. The third-order valence-corrected chi connectivity index (χ3v) is 5.84. The van der Waals surface area contributed by atoms with E-state index in [2.05, 4.69) is 6.92 Å². The smallest absolute Gasteiger partial charge is 0.156 e. The first-order valence-electron chi connectivity index (χ1n) is 8.73. The van der Waals surface area contributed by atoms with Crippen molar-refractivity contribution < 1.29 is 9.18 Å². The third-order valence-electron chi connectivity index (χ3n) is 5.84. The summed E-state index contributed by atoms with van der Waals surface area (Å²) in [5, 5.41) is 0. The molecular formula is C20H26FNO. The van der Waals surface area contributed by atoms with Crippen LogP contribution in [0.5, 0.6) is 0 Å². The molecule has 0 aliphatic heterocycles. The van der Waals surface area contributed by atoms with Crippen LogP contribution < -0.4 is 5.73 Å². The van der Waals surface area contributed by atoms with Crippen LogP contribution in [-0.2, 0) is 11.2 Å². The number of anilines is 1. The van der Waals surface area contributed by atoms with Crippen molar-refractivity contribution >= 4 is 17.0 Å². The molecule has 2 aliphatic rings. The molecule has 3 heteroatoms. The number of nitrogens with two attached hydrogens (primary N) is 1. The van der Waals surface area contributed by atoms with E-state index >= 15 is 0 Å². The minimum absolute atomic E-state index is 0.0165. The number of unbranched alkanes of at least 4 members (excludes halogenated alkanes) is 1. The van der Waals surface area contributed by atoms with Gasteiger partial charge in [-0.05, 0) is 79.9 Å². The number of carbonyl (C=O) groups is 1. The lowest BCUT2D eigenvalue weighted by Gasteiger charge is -2.36. The zero-order chi connectivity index (χ0) is 16.8. The van der Waals surface area contributed by atoms with Crippen LogP contribution in [0.4, 0.5) is 10.1 Å². The largest absolute Gasteiger partial charge is 0.396 e. The quantitative estimate of drug-likeness (QED) is 0.797. The fourth-order valence-electron chi connectivity index (χ4n) is 4.63. The van der Waals surface area contributed by atoms with Crippen molar-refractivity contribution in [3.8, 4) is 0 Å². The molecule has 1 aromatic carbocycles. The highest BCUT2D eigenvalue weighted by Crippen LogP contribution is 2.58. The van der Waals surface area contributed by atoms with E-state index in [-0.39, 0.29) is 22.7 Å². The van der Waals surface area contributed by atoms with Gasteiger partial charge in [0.05, 0.1) is 5.69 Å². The third kappa shape index (κ3) is 2.41. The maximum Gasteiger partial charge on any atom is 0.156 e. The maximum absolute atomic E-state index is 14.3. The molecule has 0 spiro atoms. The normalized spacial score (nSPS) is 23.0. The summed E-state index contributed by atoms with van der Waals surface area (Å²) in [5.74, 6) is -0.211. The molecule has 2 aliphatic carbocycles. The Morgan fingerprint density at radius 2 is 2.17 bits per heavy atom. The van der Waals surface area contributed by atoms with Gasteiger partial charge in [-0.3, -0.25) is 4.79 Å². The van der Waals surface area contributed by atoms with Crippen LogP contribution in [-0.4, -0.2) is 5.78 Å². The molecule has 0 aromatic heterocycles. The molecule has 2 N–H and O–H groups in total. The lowest BCUT2D eigenvalue weighted by molar-refractivity contribution is -0.113. The molecule has 0 fully saturated rings. The number of allylic oxidation sites excluding steroid dienone is 2. The summed E-state index contributed by atoms with van der Waals surface area (Å²) in [4.78, 5) is 12.2. The van der Waals surface area contributed by atoms with Crippen LogP contribution >= 0.6 is 0 Å². The summed E-state index contributed by atoms with van der Waals surface area (Å²) in [6, 6.07) is 1.58. The molecule has 0 bridgehead atoms. The molecule has 23 heavy (non-hydrogen) atoms. The van der Waals surface area contributed by atoms with Crippen LogP contribution in [0.2, 0.25) is 0 Å². The van der Waals surface area contributed by atoms with Gasteiger partial charge >= 0.3 is 0 Å². The second-order valence-electron chi connectivity index (χ2n) is 7.25. The number of carbonyl (C=O) groups excluding carboxylic acids is 1. The Hall–Kier alpha value is -1.64. The molecule has 1 atom stereocenters. The molecule has 0 heterocycles. The minimum Gasteiger partial charge on any atom is -0.396 e. The van der Waals surface area contributed by atoms with E-state index < -0.39 is 0 Å². The number of hydrogen-bond acceptors (Lipinski definition) is 2. The van der Waals surface area contributed by atoms with Gasteiger partial charge in [-0.2, -0.15) is 0 Å². The maximum atomic E-state index is 14.3. The van der Waals surface area contributed by atoms with Crippen molar-refractivity contribution in [3.63, 3.8) is 0 Å². The van der Waals surface area contributed by atoms with Gasteiger partial charge in [-0.1, -0.05) is 19.8 Å². The Morgan fingerprint density at radius 1 is 1.43 bits per heavy atom. The highest BCUT2D eigenvalue weighted by molar-refractivity contribution is 6.04. The zero-order valence-electron chi connectivity index (χ0n) is 14.4. The molecule has 2 nitrogen and oxygen atoms in total. The van der Waals surface area contributed by atoms with E-state index in [1.807, 2.05) is 6.92 Å². The lowest BCUT2D eigenvalue weighted by Crippen LogP contribution is -2.26. The lowest BCUT2D eigenvalue weighted by atomic mass is 9.67. The van der Waals surface area contributed by atoms with Gasteiger partial charge in [-0.25, -0.2) is 4.39 Å². The number of benzene rings is 1. The molecule has 0 amide bonds. The number of nitrogen functional groups attached to an aromatic ring is 1. The molecule has 124 valence electrons. The predicted molar refractivity (Wildman–Crippen MR) is 92.7 cm³/mol. The van der Waals surface area contributed by atoms with Crippen molar-refractivity contribution in [3.05, 3.63) is 34.1 Å². The molecule has 0 radical (unpaired) electrons. The molecular weight excluding hydrogens is 289 g/mol. The van der Waals surface area contributed by atoms with E-state index in [0.29, 0.717) is 0 Å². The molecule has 0 saturated heterocycles. The van der Waals surface area contributed by atoms with Crippen LogP contribution in [0.1, 0.15) is 69.1 Å². The highest BCUT2D eigenvalue weighted by Gasteiger charge is 2.46. The second-order valence-corrected chi connectivity index (χ2v) is 7.25. The minimum atomic E-state index is -0.353. The summed E-state index contributed by atoms with van der Waals surface area (Å²) in [6.07, 6.45) is 7.22. The summed E-state index contributed by atoms with van der Waals surface area (Å²) < 4.78 is 14.3. The van der Waals surface area contributed by atoms with Crippen molar-refractivity contribution in [1.82, 2.24) is 0 Å². The van der Waals surface area contributed by atoms with Crippen LogP contribution in [0, 0.1) is 18.2 Å². The first-order chi connectivity index (χ1) is 10.9. The molecule has 1 unspecified atom stereocenters. The first kappa shape index (κ1) is 16.2. The zero-order valence-corrected chi connectivity index (χ0v) is 14.4. The number of ketones is 1. The van der Waals surface area contributed by atoms with E-state index in [9.17, 15) is 9.18 Å². The SMILES string of the molecule is CCCCC12CCCC(C(C)=O)=C1c1cc(F)c(N)c(C)c1C2. The van der Waals surface area contributed by atoms with Crippen molar-refractivity contribution in [2.45, 2.75) is 65.7 Å². The Balaban J connectivity index is 2.26. The Bertz CT molecular complexity index is 704. The number of fused-ring (bicyclic) bond motifs is 3. The number of hydrogen-bond donors (Lipinski definition) is 1. The standard InChI is InChI=1S/C20H26FNO/c1-4-5-8-20-9-6-7-14(13(3)23)18(20)15-10-17(21)19(22)12(2)16(15)11-20/h10H,4-9,11,22H2,1-3H3. The molecule has 1 aromatic rings. The number of rotatable bonds is 4. The second kappa shape index (κ2) is 5.77. The number of halogens is 1. The van der Waals surface area contributed by atoms with E-state index in [1.54, 1.807) is 13.0 Å². The first-order valence-corrected chi connectivity index (χ1v) is 8.73. The van der Waals surface area contributed by atoms with Crippen molar-refractivity contribution in [2.75, 3.05) is 5.73 Å². The van der Waals surface area contributed by atoms with Gasteiger partial charge < -0.3 is 5.73 Å². The molecule has 3 rings (SSSR count). The van der Waals surface area contributed by atoms with Crippen LogP contribution in [0.15, 0.2) is 11.6 Å². The average Bonchev–Trinajstić information content (AvgIpc) is 2.85. The van der Waals surface area contributed by atoms with Crippen LogP contribution in [0.3, 0.4) is 0 Å². The monoisotopic (exact) mass is 315 g/mol. The Morgan fingerprint density at radius 3 is 2.83 bits per heavy atom. The van der Waals surface area contributed by atoms with Crippen LogP contribution in [0.25, 0.3) is 5.57 Å². The van der Waals surface area contributed by atoms with Crippen molar-refractivity contribution in [2.24, 2.45) is 5.41 Å². The van der Waals surface area contributed by atoms with E-state index in [1.165, 1.54) is 0 Å². The van der Waals surface area contributed by atoms with Crippen molar-refractivity contribution in [1.29, 1.82) is 0 Å². The fraction of sp³-hybridized carbons (Fsp3) is 0.550. The summed E-state index contributed by atoms with van der Waals surface area (Å²) in [7, 11) is 0.